The van der Waals surface area contributed by atoms with Crippen LogP contribution < -0.4 is 9.80 Å². The molecule has 0 unspecified atom stereocenters. The van der Waals surface area contributed by atoms with Crippen LogP contribution in [0.25, 0.3) is 27.9 Å². The van der Waals surface area contributed by atoms with E-state index in [1.54, 1.807) is 42.1 Å². The predicted octanol–water partition coefficient (Wildman–Crippen LogP) is 5.15. The smallest absolute Gasteiger partial charge is 0.335 e. The summed E-state index contributed by atoms with van der Waals surface area (Å²) in [5.41, 5.74) is 8.13. The van der Waals surface area contributed by atoms with Crippen molar-refractivity contribution in [1.82, 2.24) is 19.8 Å². The van der Waals surface area contributed by atoms with Gasteiger partial charge in [0.2, 0.25) is 5.91 Å². The summed E-state index contributed by atoms with van der Waals surface area (Å²) in [4.78, 5) is 53.0. The number of likely N-dealkylation sites (tertiary alicyclic amines) is 1. The van der Waals surface area contributed by atoms with Gasteiger partial charge in [0.1, 0.15) is 15.5 Å². The standard InChI is InChI=1S/C37H40N6O6S/c1-23(44)42-18-12-25(13-19-42)32-33-30-22-43(28-10-8-27(9-11-28)36(45)46)37(47)40(2)31(30)20-38-35(33)39-34(32)26-6-4-24(5-7-26)21-41-16-14-29(15-17-41)50(3,48)49/h4-12,20,29H,13-19,21-22H2,1-3H3,(H,38,39)(H,45,46). The molecule has 7 rings (SSSR count). The van der Waals surface area contributed by atoms with Gasteiger partial charge in [0.25, 0.3) is 0 Å². The number of carboxylic acids is 1. The number of amides is 3. The fraction of sp³-hybridized carbons (Fsp3) is 0.351. The second kappa shape index (κ2) is 13.0. The molecule has 3 aliphatic heterocycles. The van der Waals surface area contributed by atoms with Crippen LogP contribution in [0.2, 0.25) is 0 Å². The third-order valence-electron chi connectivity index (χ3n) is 10.3. The number of pyridine rings is 1. The molecule has 4 aromatic rings. The first-order chi connectivity index (χ1) is 23.9. The summed E-state index contributed by atoms with van der Waals surface area (Å²) in [5.74, 6) is -1.01. The van der Waals surface area contributed by atoms with Crippen molar-refractivity contribution in [1.29, 1.82) is 0 Å². The summed E-state index contributed by atoms with van der Waals surface area (Å²) in [6.07, 6.45) is 7.09. The van der Waals surface area contributed by atoms with E-state index in [1.807, 2.05) is 4.90 Å². The molecule has 0 bridgehead atoms. The predicted molar refractivity (Wildman–Crippen MR) is 193 cm³/mol. The van der Waals surface area contributed by atoms with Crippen molar-refractivity contribution in [2.75, 3.05) is 49.3 Å². The second-order valence-corrected chi connectivity index (χ2v) is 15.8. The summed E-state index contributed by atoms with van der Waals surface area (Å²) in [6.45, 7) is 5.14. The summed E-state index contributed by atoms with van der Waals surface area (Å²) >= 11 is 0. The lowest BCUT2D eigenvalue weighted by atomic mass is 9.91. The van der Waals surface area contributed by atoms with Crippen LogP contribution in [0.15, 0.2) is 60.8 Å². The van der Waals surface area contributed by atoms with Gasteiger partial charge >= 0.3 is 12.0 Å². The topological polar surface area (TPSA) is 147 Å². The second-order valence-electron chi connectivity index (χ2n) is 13.4. The summed E-state index contributed by atoms with van der Waals surface area (Å²) in [6, 6.07) is 14.5. The largest absolute Gasteiger partial charge is 0.478 e. The lowest BCUT2D eigenvalue weighted by Gasteiger charge is -2.35. The van der Waals surface area contributed by atoms with Crippen LogP contribution in [0.5, 0.6) is 0 Å². The van der Waals surface area contributed by atoms with E-state index in [-0.39, 0.29) is 29.3 Å². The SMILES string of the molecule is CC(=O)N1CC=C(c2c(-c3ccc(CN4CCC(S(C)(=O)=O)CC4)cc3)[nH]c3ncc4c(c23)CN(c2ccc(C(=O)O)cc2)C(=O)N4C)CC1. The maximum Gasteiger partial charge on any atom is 0.335 e. The van der Waals surface area contributed by atoms with Crippen molar-refractivity contribution in [3.63, 3.8) is 0 Å². The van der Waals surface area contributed by atoms with Gasteiger partial charge in [0, 0.05) is 62.1 Å². The van der Waals surface area contributed by atoms with E-state index < -0.39 is 15.8 Å². The molecular weight excluding hydrogens is 657 g/mol. The summed E-state index contributed by atoms with van der Waals surface area (Å²) in [5, 5.41) is 10.0. The number of H-pyrrole nitrogens is 1. The van der Waals surface area contributed by atoms with E-state index in [4.69, 9.17) is 4.98 Å². The number of aromatic amines is 1. The number of anilines is 2. The first-order valence-corrected chi connectivity index (χ1v) is 18.7. The minimum atomic E-state index is -3.02. The molecule has 2 aromatic heterocycles. The third kappa shape index (κ3) is 6.27. The molecule has 12 nitrogen and oxygen atoms in total. The highest BCUT2D eigenvalue weighted by Gasteiger charge is 2.34. The minimum absolute atomic E-state index is 0.0272. The monoisotopic (exact) mass is 696 g/mol. The maximum absolute atomic E-state index is 13.6. The summed E-state index contributed by atoms with van der Waals surface area (Å²) < 4.78 is 24.0. The van der Waals surface area contributed by atoms with Crippen molar-refractivity contribution in [3.05, 3.63) is 83.1 Å². The number of benzene rings is 2. The van der Waals surface area contributed by atoms with Gasteiger partial charge in [-0.05, 0) is 73.3 Å². The van der Waals surface area contributed by atoms with E-state index in [1.165, 1.54) is 18.4 Å². The number of carbonyl (C=O) groups excluding carboxylic acids is 2. The molecule has 0 spiro atoms. The number of aromatic carboxylic acids is 1. The Morgan fingerprint density at radius 1 is 1.02 bits per heavy atom. The number of piperidine rings is 1. The molecule has 50 heavy (non-hydrogen) atoms. The van der Waals surface area contributed by atoms with E-state index in [0.717, 1.165) is 58.5 Å². The number of aromatic nitrogens is 2. The van der Waals surface area contributed by atoms with Crippen LogP contribution in [0.3, 0.4) is 0 Å². The number of sulfone groups is 1. The number of hydrogen-bond donors (Lipinski definition) is 2. The number of hydrogen-bond acceptors (Lipinski definition) is 7. The fourth-order valence-electron chi connectivity index (χ4n) is 7.40. The summed E-state index contributed by atoms with van der Waals surface area (Å²) in [7, 11) is -1.31. The number of carbonyl (C=O) groups is 3. The molecule has 2 N–H and O–H groups in total. The first-order valence-electron chi connectivity index (χ1n) is 16.8. The minimum Gasteiger partial charge on any atom is -0.478 e. The normalized spacial score (nSPS) is 17.6. The number of nitrogens with one attached hydrogen (secondary N) is 1. The molecule has 3 aliphatic rings. The highest BCUT2D eigenvalue weighted by atomic mass is 32.2. The molecular formula is C37H40N6O6S. The number of nitrogens with zero attached hydrogens (tertiary/aromatic N) is 5. The fourth-order valence-corrected chi connectivity index (χ4v) is 8.47. The van der Waals surface area contributed by atoms with Crippen molar-refractivity contribution >= 4 is 55.7 Å². The van der Waals surface area contributed by atoms with Gasteiger partial charge in [-0.2, -0.15) is 0 Å². The van der Waals surface area contributed by atoms with E-state index >= 15 is 0 Å². The number of urea groups is 1. The van der Waals surface area contributed by atoms with Gasteiger partial charge in [-0.15, -0.1) is 0 Å². The Morgan fingerprint density at radius 3 is 2.32 bits per heavy atom. The van der Waals surface area contributed by atoms with E-state index in [0.29, 0.717) is 49.4 Å². The lowest BCUT2D eigenvalue weighted by Crippen LogP contribution is -2.45. The zero-order valence-electron chi connectivity index (χ0n) is 28.3. The average Bonchev–Trinajstić information content (AvgIpc) is 3.50. The molecule has 0 atom stereocenters. The van der Waals surface area contributed by atoms with Crippen LogP contribution in [0, 0.1) is 0 Å². The molecule has 3 amide bonds. The van der Waals surface area contributed by atoms with Crippen LogP contribution >= 0.6 is 0 Å². The molecule has 13 heteroatoms. The Morgan fingerprint density at radius 2 is 1.72 bits per heavy atom. The van der Waals surface area contributed by atoms with Crippen LogP contribution in [-0.4, -0.2) is 95.9 Å². The molecule has 2 aromatic carbocycles. The third-order valence-corrected chi connectivity index (χ3v) is 12.0. The Labute approximate surface area is 290 Å². The van der Waals surface area contributed by atoms with Gasteiger partial charge in [-0.3, -0.25) is 19.5 Å². The Balaban J connectivity index is 1.27. The average molecular weight is 697 g/mol. The van der Waals surface area contributed by atoms with Crippen molar-refractivity contribution < 1.29 is 27.9 Å². The molecule has 1 saturated heterocycles. The molecule has 260 valence electrons. The highest BCUT2D eigenvalue weighted by Crippen LogP contribution is 2.43. The zero-order valence-corrected chi connectivity index (χ0v) is 29.2. The molecule has 0 radical (unpaired) electrons. The van der Waals surface area contributed by atoms with Gasteiger partial charge < -0.3 is 15.0 Å². The zero-order chi connectivity index (χ0) is 35.3. The first kappa shape index (κ1) is 33.5. The van der Waals surface area contributed by atoms with E-state index in [9.17, 15) is 27.9 Å². The Kier molecular flexibility index (Phi) is 8.73. The Hall–Kier alpha value is -5.01. The van der Waals surface area contributed by atoms with E-state index in [2.05, 4.69) is 40.2 Å². The van der Waals surface area contributed by atoms with Crippen LogP contribution in [0.1, 0.15) is 53.2 Å². The number of rotatable bonds is 7. The van der Waals surface area contributed by atoms with Crippen molar-refractivity contribution in [2.24, 2.45) is 0 Å². The number of carboxylic acid groups (broad SMARTS) is 1. The van der Waals surface area contributed by atoms with Gasteiger partial charge in [-0.25, -0.2) is 23.0 Å². The highest BCUT2D eigenvalue weighted by molar-refractivity contribution is 7.91. The van der Waals surface area contributed by atoms with Crippen LogP contribution in [-0.2, 0) is 27.7 Å². The molecule has 0 aliphatic carbocycles. The quantitative estimate of drug-likeness (QED) is 0.270. The van der Waals surface area contributed by atoms with Gasteiger partial charge in [0.05, 0.1) is 34.9 Å². The van der Waals surface area contributed by atoms with Gasteiger partial charge in [0.15, 0.2) is 0 Å². The number of fused-ring (bicyclic) bond motifs is 3. The Bertz CT molecular complexity index is 2130. The molecule has 0 saturated carbocycles. The van der Waals surface area contributed by atoms with Crippen molar-refractivity contribution in [2.45, 2.75) is 44.5 Å². The lowest BCUT2D eigenvalue weighted by molar-refractivity contribution is -0.128. The molecule has 5 heterocycles. The molecule has 1 fully saturated rings. The van der Waals surface area contributed by atoms with Crippen LogP contribution in [0.4, 0.5) is 16.2 Å². The van der Waals surface area contributed by atoms with Crippen molar-refractivity contribution in [3.8, 4) is 11.3 Å². The maximum atomic E-state index is 13.6. The van der Waals surface area contributed by atoms with Gasteiger partial charge in [-0.1, -0.05) is 30.3 Å².